The van der Waals surface area contributed by atoms with E-state index in [0.29, 0.717) is 5.75 Å². The van der Waals surface area contributed by atoms with E-state index in [0.717, 1.165) is 35.2 Å². The van der Waals surface area contributed by atoms with Gasteiger partial charge in [0.25, 0.3) is 0 Å². The van der Waals surface area contributed by atoms with Crippen LogP contribution in [0.15, 0.2) is 97.1 Å². The lowest BCUT2D eigenvalue weighted by Gasteiger charge is -2.23. The van der Waals surface area contributed by atoms with E-state index in [2.05, 4.69) is 97.3 Å². The average Bonchev–Trinajstić information content (AvgIpc) is 3.32. The molecule has 1 heterocycles. The van der Waals surface area contributed by atoms with Crippen LogP contribution >= 0.6 is 0 Å². The molecule has 0 fully saturated rings. The lowest BCUT2D eigenvalue weighted by atomic mass is 9.80. The van der Waals surface area contributed by atoms with Crippen molar-refractivity contribution >= 4 is 40.3 Å². The van der Waals surface area contributed by atoms with Crippen molar-refractivity contribution in [2.24, 2.45) is 0 Å². The Balaban J connectivity index is 1.62. The maximum atomic E-state index is 9.19. The molecule has 1 radical (unpaired) electrons. The van der Waals surface area contributed by atoms with Crippen molar-refractivity contribution < 1.29 is 9.68 Å². The van der Waals surface area contributed by atoms with Gasteiger partial charge in [0, 0.05) is 21.9 Å². The molecule has 1 aromatic heterocycles. The van der Waals surface area contributed by atoms with Crippen molar-refractivity contribution in [2.45, 2.75) is 19.3 Å². The van der Waals surface area contributed by atoms with Crippen LogP contribution in [-0.2, 0) is 5.41 Å². The molecule has 0 amide bonds. The van der Waals surface area contributed by atoms with Crippen molar-refractivity contribution in [3.8, 4) is 22.6 Å². The minimum Gasteiger partial charge on any atom is -0.537 e. The van der Waals surface area contributed by atoms with Gasteiger partial charge in [-0.05, 0) is 75.5 Å². The fraction of sp³-hybridized carbons (Fsp3) is 0.0968. The highest BCUT2D eigenvalue weighted by molar-refractivity contribution is 6.18. The molecular weight excluding hydrogens is 429 g/mol. The monoisotopic (exact) mass is 452 g/mol. The number of rotatable bonds is 3. The molecule has 0 saturated carbocycles. The largest absolute Gasteiger partial charge is 0.569 e. The second-order valence-corrected chi connectivity index (χ2v) is 9.82. The summed E-state index contributed by atoms with van der Waals surface area (Å²) in [5.74, 6) is 0.609. The van der Waals surface area contributed by atoms with Crippen LogP contribution in [0, 0.1) is 0 Å². The zero-order valence-corrected chi connectivity index (χ0v) is 19.6. The van der Waals surface area contributed by atoms with Crippen LogP contribution in [0.1, 0.15) is 25.0 Å². The van der Waals surface area contributed by atoms with Crippen LogP contribution in [-0.4, -0.2) is 17.3 Å². The molecule has 35 heavy (non-hydrogen) atoms. The van der Waals surface area contributed by atoms with E-state index in [-0.39, 0.29) is 5.41 Å². The van der Waals surface area contributed by atoms with Gasteiger partial charge in [0.1, 0.15) is 5.75 Å². The van der Waals surface area contributed by atoms with E-state index in [9.17, 15) is 5.02 Å². The molecule has 0 saturated heterocycles. The van der Waals surface area contributed by atoms with Crippen LogP contribution < -0.4 is 4.65 Å². The molecule has 0 unspecified atom stereocenters. The van der Waals surface area contributed by atoms with Crippen LogP contribution in [0.2, 0.25) is 0 Å². The molecule has 4 heteroatoms. The molecule has 6 aromatic rings. The van der Waals surface area contributed by atoms with Gasteiger partial charge >= 0.3 is 7.69 Å². The zero-order valence-electron chi connectivity index (χ0n) is 19.6. The van der Waals surface area contributed by atoms with Crippen LogP contribution in [0.5, 0.6) is 5.75 Å². The lowest BCUT2D eigenvalue weighted by molar-refractivity contribution is 0.454. The maximum Gasteiger partial charge on any atom is 0.569 e. The summed E-state index contributed by atoms with van der Waals surface area (Å²) >= 11 is 0. The van der Waals surface area contributed by atoms with Gasteiger partial charge in [-0.2, -0.15) is 0 Å². The number of hydrogen-bond donors (Lipinski definition) is 1. The first-order chi connectivity index (χ1) is 17.1. The van der Waals surface area contributed by atoms with E-state index in [4.69, 9.17) is 4.65 Å². The van der Waals surface area contributed by atoms with Crippen LogP contribution in [0.4, 0.5) is 0 Å². The Hall–Kier alpha value is -4.02. The van der Waals surface area contributed by atoms with Gasteiger partial charge in [0.05, 0.1) is 11.0 Å². The fourth-order valence-corrected chi connectivity index (χ4v) is 6.10. The molecule has 167 valence electrons. The predicted octanol–water partition coefficient (Wildman–Crippen LogP) is 7.15. The third kappa shape index (κ3) is 2.78. The van der Waals surface area contributed by atoms with Crippen molar-refractivity contribution in [3.05, 3.63) is 108 Å². The van der Waals surface area contributed by atoms with E-state index >= 15 is 0 Å². The summed E-state index contributed by atoms with van der Waals surface area (Å²) in [5, 5.41) is 14.0. The van der Waals surface area contributed by atoms with E-state index in [1.165, 1.54) is 33.0 Å². The minimum absolute atomic E-state index is 0.0827. The van der Waals surface area contributed by atoms with Crippen LogP contribution in [0.3, 0.4) is 0 Å². The second-order valence-electron chi connectivity index (χ2n) is 9.82. The first-order valence-corrected chi connectivity index (χ1v) is 11.9. The quantitative estimate of drug-likeness (QED) is 0.290. The first-order valence-electron chi connectivity index (χ1n) is 11.9. The van der Waals surface area contributed by atoms with Crippen molar-refractivity contribution in [1.29, 1.82) is 0 Å². The summed E-state index contributed by atoms with van der Waals surface area (Å²) in [4.78, 5) is 0. The molecule has 1 aliphatic carbocycles. The summed E-state index contributed by atoms with van der Waals surface area (Å²) in [5.41, 5.74) is 8.73. The molecule has 0 aliphatic heterocycles. The molecule has 3 nitrogen and oxygen atoms in total. The highest BCUT2D eigenvalue weighted by atomic mass is 16.5. The summed E-state index contributed by atoms with van der Waals surface area (Å²) in [6.07, 6.45) is 0. The highest BCUT2D eigenvalue weighted by Crippen LogP contribution is 2.52. The molecular formula is C31H23BNO2. The Morgan fingerprint density at radius 3 is 2.31 bits per heavy atom. The van der Waals surface area contributed by atoms with Gasteiger partial charge < -0.3 is 14.2 Å². The molecule has 0 spiro atoms. The smallest absolute Gasteiger partial charge is 0.537 e. The zero-order chi connectivity index (χ0) is 23.7. The summed E-state index contributed by atoms with van der Waals surface area (Å²) in [6.45, 7) is 4.67. The minimum atomic E-state index is -0.0827. The molecule has 0 atom stereocenters. The van der Waals surface area contributed by atoms with Gasteiger partial charge in [-0.3, -0.25) is 0 Å². The summed E-state index contributed by atoms with van der Waals surface area (Å²) in [6, 6.07) is 34.4. The first kappa shape index (κ1) is 20.4. The number of para-hydroxylation sites is 1. The maximum absolute atomic E-state index is 9.19. The Morgan fingerprint density at radius 1 is 0.714 bits per heavy atom. The van der Waals surface area contributed by atoms with Crippen molar-refractivity contribution in [3.63, 3.8) is 0 Å². The highest BCUT2D eigenvalue weighted by Gasteiger charge is 2.36. The van der Waals surface area contributed by atoms with E-state index in [1.54, 1.807) is 0 Å². The van der Waals surface area contributed by atoms with Gasteiger partial charge in [0.15, 0.2) is 0 Å². The number of fused-ring (bicyclic) bond motifs is 8. The number of nitrogens with zero attached hydrogens (tertiary/aromatic N) is 1. The average molecular weight is 452 g/mol. The molecule has 1 N–H and O–H groups in total. The summed E-state index contributed by atoms with van der Waals surface area (Å²) in [7, 11) is 0.732. The number of hydrogen-bond acceptors (Lipinski definition) is 2. The van der Waals surface area contributed by atoms with Gasteiger partial charge in [-0.1, -0.05) is 68.4 Å². The molecule has 7 rings (SSSR count). The van der Waals surface area contributed by atoms with Crippen molar-refractivity contribution in [2.75, 3.05) is 0 Å². The molecule has 5 aromatic carbocycles. The second kappa shape index (κ2) is 7.24. The normalized spacial score (nSPS) is 13.8. The molecule has 1 aliphatic rings. The third-order valence-corrected chi connectivity index (χ3v) is 7.59. The topological polar surface area (TPSA) is 34.4 Å². The van der Waals surface area contributed by atoms with E-state index < -0.39 is 0 Å². The standard InChI is InChI=1S/C31H23BNO2/c1-31(2)27-11-7-6-10-22(27)23-14-12-19-16-25-26-17-21(35-32-34)13-15-28(26)33(20-8-4-3-5-9-20)29(25)18-24(19)30(23)31/h3-18,34H,1-2H3. The van der Waals surface area contributed by atoms with Crippen LogP contribution in [0.25, 0.3) is 49.4 Å². The Labute approximate surface area is 204 Å². The Kier molecular flexibility index (Phi) is 4.21. The number of aromatic nitrogens is 1. The van der Waals surface area contributed by atoms with E-state index in [1.807, 2.05) is 18.2 Å². The fourth-order valence-electron chi connectivity index (χ4n) is 6.10. The lowest BCUT2D eigenvalue weighted by Crippen LogP contribution is -2.15. The SMILES string of the molecule is CC1(C)c2ccccc2-c2ccc3cc4c5cc(O[B]O)ccc5n(-c5ccccc5)c4cc3c21. The molecule has 0 bridgehead atoms. The van der Waals surface area contributed by atoms with Gasteiger partial charge in [-0.15, -0.1) is 0 Å². The van der Waals surface area contributed by atoms with Gasteiger partial charge in [-0.25, -0.2) is 0 Å². The van der Waals surface area contributed by atoms with Gasteiger partial charge in [0.2, 0.25) is 0 Å². The van der Waals surface area contributed by atoms with Crippen molar-refractivity contribution in [1.82, 2.24) is 4.57 Å². The third-order valence-electron chi connectivity index (χ3n) is 7.59. The Morgan fingerprint density at radius 2 is 1.49 bits per heavy atom. The predicted molar refractivity (Wildman–Crippen MR) is 144 cm³/mol. The number of benzene rings is 5. The summed E-state index contributed by atoms with van der Waals surface area (Å²) < 4.78 is 7.63. The Bertz CT molecular complexity index is 1780.